The highest BCUT2D eigenvalue weighted by molar-refractivity contribution is 7.89. The van der Waals surface area contributed by atoms with E-state index in [2.05, 4.69) is 4.74 Å². The summed E-state index contributed by atoms with van der Waals surface area (Å²) in [6.07, 6.45) is 0.679. The number of carbonyl (C=O) groups excluding carboxylic acids is 3. The topological polar surface area (TPSA) is 101 Å². The van der Waals surface area contributed by atoms with Crippen molar-refractivity contribution in [3.05, 3.63) is 76.5 Å². The Morgan fingerprint density at radius 2 is 1.73 bits per heavy atom. The van der Waals surface area contributed by atoms with Crippen molar-refractivity contribution in [2.75, 3.05) is 7.11 Å². The minimum absolute atomic E-state index is 0.204. The molecule has 2 aromatic carbocycles. The summed E-state index contributed by atoms with van der Waals surface area (Å²) >= 11 is 6.11. The third-order valence-electron chi connectivity index (χ3n) is 4.39. The number of nitrogens with zero attached hydrogens (tertiary/aromatic N) is 2. The van der Waals surface area contributed by atoms with E-state index in [-0.39, 0.29) is 11.4 Å². The number of amides is 3. The van der Waals surface area contributed by atoms with Gasteiger partial charge < -0.3 is 4.74 Å². The van der Waals surface area contributed by atoms with Crippen molar-refractivity contribution in [1.82, 2.24) is 9.21 Å². The molecule has 1 saturated heterocycles. The highest BCUT2D eigenvalue weighted by Gasteiger charge is 2.48. The molecule has 0 aliphatic carbocycles. The fourth-order valence-electron chi connectivity index (χ4n) is 2.80. The molecule has 1 fully saturated rings. The zero-order chi connectivity index (χ0) is 22.1. The van der Waals surface area contributed by atoms with Crippen molar-refractivity contribution in [2.45, 2.75) is 18.4 Å². The number of aryl methyl sites for hydroxylation is 1. The molecule has 1 aliphatic rings. The van der Waals surface area contributed by atoms with Gasteiger partial charge in [-0.2, -0.15) is 4.31 Å². The summed E-state index contributed by atoms with van der Waals surface area (Å²) in [6, 6.07) is 11.1. The van der Waals surface area contributed by atoms with E-state index < -0.39 is 33.6 Å². The first-order valence-electron chi connectivity index (χ1n) is 8.67. The van der Waals surface area contributed by atoms with Gasteiger partial charge in [0.1, 0.15) is 5.70 Å². The van der Waals surface area contributed by atoms with Crippen LogP contribution in [0.1, 0.15) is 11.1 Å². The van der Waals surface area contributed by atoms with Crippen LogP contribution in [0.3, 0.4) is 0 Å². The molecule has 2 aromatic rings. The van der Waals surface area contributed by atoms with E-state index in [1.807, 2.05) is 0 Å². The zero-order valence-corrected chi connectivity index (χ0v) is 17.6. The molecule has 0 saturated carbocycles. The summed E-state index contributed by atoms with van der Waals surface area (Å²) in [7, 11) is -3.39. The molecule has 0 unspecified atom stereocenters. The number of esters is 1. The molecule has 3 amide bonds. The van der Waals surface area contributed by atoms with E-state index in [0.29, 0.717) is 25.9 Å². The van der Waals surface area contributed by atoms with Crippen molar-refractivity contribution < 1.29 is 27.5 Å². The van der Waals surface area contributed by atoms with Gasteiger partial charge in [0, 0.05) is 5.02 Å². The minimum atomic E-state index is -4.46. The molecule has 10 heteroatoms. The largest absolute Gasteiger partial charge is 0.466 e. The van der Waals surface area contributed by atoms with Crippen LogP contribution in [0.5, 0.6) is 0 Å². The summed E-state index contributed by atoms with van der Waals surface area (Å²) in [5, 5.41) is 0.302. The first kappa shape index (κ1) is 21.5. The van der Waals surface area contributed by atoms with Gasteiger partial charge in [0.05, 0.1) is 24.6 Å². The second-order valence-electron chi connectivity index (χ2n) is 6.40. The predicted molar refractivity (Wildman–Crippen MR) is 108 cm³/mol. The molecule has 8 nitrogen and oxygen atoms in total. The number of hydrogen-bond donors (Lipinski definition) is 0. The fourth-order valence-corrected chi connectivity index (χ4v) is 4.38. The Hall–Kier alpha value is -3.17. The Bertz CT molecular complexity index is 1160. The van der Waals surface area contributed by atoms with E-state index in [0.717, 1.165) is 12.7 Å². The molecule has 0 bridgehead atoms. The maximum Gasteiger partial charge on any atom is 0.346 e. The first-order valence-corrected chi connectivity index (χ1v) is 10.5. The Morgan fingerprint density at radius 3 is 2.33 bits per heavy atom. The van der Waals surface area contributed by atoms with Crippen LogP contribution in [0, 0.1) is 6.92 Å². The van der Waals surface area contributed by atoms with Gasteiger partial charge >= 0.3 is 12.0 Å². The summed E-state index contributed by atoms with van der Waals surface area (Å²) in [4.78, 5) is 38.2. The van der Waals surface area contributed by atoms with Crippen LogP contribution >= 0.6 is 11.6 Å². The van der Waals surface area contributed by atoms with E-state index in [4.69, 9.17) is 11.6 Å². The molecule has 0 spiro atoms. The Morgan fingerprint density at radius 1 is 1.10 bits per heavy atom. The molecular formula is C20H17ClN2O6S. The number of methoxy groups -OCH3 is 1. The predicted octanol–water partition coefficient (Wildman–Crippen LogP) is 2.86. The van der Waals surface area contributed by atoms with E-state index in [1.54, 1.807) is 43.3 Å². The monoisotopic (exact) mass is 448 g/mol. The van der Waals surface area contributed by atoms with Crippen LogP contribution in [0.4, 0.5) is 4.79 Å². The molecule has 0 N–H and O–H groups in total. The Balaban J connectivity index is 2.09. The van der Waals surface area contributed by atoms with E-state index >= 15 is 0 Å². The van der Waals surface area contributed by atoms with Gasteiger partial charge in [-0.15, -0.1) is 0 Å². The molecule has 0 aromatic heterocycles. The van der Waals surface area contributed by atoms with Crippen molar-refractivity contribution in [3.63, 3.8) is 0 Å². The van der Waals surface area contributed by atoms with E-state index in [9.17, 15) is 22.8 Å². The third kappa shape index (κ3) is 3.94. The lowest BCUT2D eigenvalue weighted by Gasteiger charge is -2.18. The second-order valence-corrected chi connectivity index (χ2v) is 8.59. The van der Waals surface area contributed by atoms with Crippen LogP contribution in [-0.4, -0.2) is 42.6 Å². The van der Waals surface area contributed by atoms with Gasteiger partial charge in [-0.3, -0.25) is 9.69 Å². The van der Waals surface area contributed by atoms with Crippen LogP contribution in [0.2, 0.25) is 5.02 Å². The molecule has 30 heavy (non-hydrogen) atoms. The standard InChI is InChI=1S/C20H17ClN2O6S/c1-13-7-9-15(10-8-13)30(27,28)23-17(11-18(24)29-2)19(25)22(20(23)26)12-14-5-3-4-6-16(14)21/h3-11H,12H2,1-2H3/b17-11+. The molecule has 1 aliphatic heterocycles. The lowest BCUT2D eigenvalue weighted by Crippen LogP contribution is -2.36. The van der Waals surface area contributed by atoms with Crippen LogP contribution < -0.4 is 0 Å². The number of urea groups is 1. The normalized spacial score (nSPS) is 15.8. The number of imide groups is 1. The lowest BCUT2D eigenvalue weighted by atomic mass is 10.2. The SMILES string of the molecule is COC(=O)/C=C1\C(=O)N(Cc2ccccc2Cl)C(=O)N1S(=O)(=O)c1ccc(C)cc1. The molecule has 0 atom stereocenters. The van der Waals surface area contributed by atoms with Crippen molar-refractivity contribution >= 4 is 39.5 Å². The van der Waals surface area contributed by atoms with Crippen LogP contribution in [0.15, 0.2) is 65.2 Å². The summed E-state index contributed by atoms with van der Waals surface area (Å²) in [6.45, 7) is 1.50. The molecule has 0 radical (unpaired) electrons. The smallest absolute Gasteiger partial charge is 0.346 e. The molecule has 3 rings (SSSR count). The maximum absolute atomic E-state index is 13.2. The number of rotatable bonds is 5. The van der Waals surface area contributed by atoms with Gasteiger partial charge in [-0.1, -0.05) is 47.5 Å². The Kier molecular flexibility index (Phi) is 5.95. The Labute approximate surface area is 178 Å². The highest BCUT2D eigenvalue weighted by atomic mass is 35.5. The summed E-state index contributed by atoms with van der Waals surface area (Å²) in [5.41, 5.74) is 0.621. The number of hydrogen-bond acceptors (Lipinski definition) is 6. The van der Waals surface area contributed by atoms with Gasteiger partial charge in [0.15, 0.2) is 0 Å². The number of sulfonamides is 1. The first-order chi connectivity index (χ1) is 14.2. The van der Waals surface area contributed by atoms with Crippen LogP contribution in [0.25, 0.3) is 0 Å². The lowest BCUT2D eigenvalue weighted by molar-refractivity contribution is -0.135. The highest BCUT2D eigenvalue weighted by Crippen LogP contribution is 2.31. The third-order valence-corrected chi connectivity index (χ3v) is 6.46. The number of benzene rings is 2. The van der Waals surface area contributed by atoms with Crippen molar-refractivity contribution in [1.29, 1.82) is 0 Å². The van der Waals surface area contributed by atoms with Gasteiger partial charge in [0.2, 0.25) is 0 Å². The van der Waals surface area contributed by atoms with Gasteiger partial charge in [-0.05, 0) is 30.7 Å². The molecule has 156 valence electrons. The fraction of sp³-hybridized carbons (Fsp3) is 0.150. The van der Waals surface area contributed by atoms with Gasteiger partial charge in [-0.25, -0.2) is 18.0 Å². The molecular weight excluding hydrogens is 432 g/mol. The summed E-state index contributed by atoms with van der Waals surface area (Å²) in [5.74, 6) is -1.93. The van der Waals surface area contributed by atoms with E-state index in [1.165, 1.54) is 12.1 Å². The second kappa shape index (κ2) is 8.29. The average molecular weight is 449 g/mol. The van der Waals surface area contributed by atoms with Crippen LogP contribution in [-0.2, 0) is 30.9 Å². The zero-order valence-electron chi connectivity index (χ0n) is 16.0. The summed E-state index contributed by atoms with van der Waals surface area (Å²) < 4.78 is 31.1. The van der Waals surface area contributed by atoms with Gasteiger partial charge in [0.25, 0.3) is 15.9 Å². The number of ether oxygens (including phenoxy) is 1. The quantitative estimate of drug-likeness (QED) is 0.396. The van der Waals surface area contributed by atoms with Crippen molar-refractivity contribution in [3.8, 4) is 0 Å². The molecule has 1 heterocycles. The average Bonchev–Trinajstić information content (AvgIpc) is 2.94. The van der Waals surface area contributed by atoms with Crippen molar-refractivity contribution in [2.24, 2.45) is 0 Å². The maximum atomic E-state index is 13.2. The number of halogens is 1. The minimum Gasteiger partial charge on any atom is -0.466 e. The number of carbonyl (C=O) groups is 3.